The highest BCUT2D eigenvalue weighted by molar-refractivity contribution is 8.00. The number of rotatable bonds is 4. The second kappa shape index (κ2) is 7.66. The number of allylic oxidation sites excluding steroid dienone is 2. The number of dihydropyridines is 1. The maximum Gasteiger partial charge on any atom is 0.102 e. The van der Waals surface area contributed by atoms with Gasteiger partial charge in [0.05, 0.1) is 5.37 Å². The Kier molecular flexibility index (Phi) is 5.14. The topological polar surface area (TPSA) is 18.5 Å². The number of hydrogen-bond acceptors (Lipinski definition) is 4. The Hall–Kier alpha value is -1.39. The number of nitrogens with zero attached hydrogens (tertiary/aromatic N) is 2. The van der Waals surface area contributed by atoms with Crippen LogP contribution < -0.4 is 5.32 Å². The number of thioether (sulfide) groups is 1. The first kappa shape index (κ1) is 16.1. The van der Waals surface area contributed by atoms with Crippen LogP contribution in [-0.2, 0) is 0 Å². The van der Waals surface area contributed by atoms with Crippen LogP contribution in [0.4, 0.5) is 0 Å². The van der Waals surface area contributed by atoms with Gasteiger partial charge in [0.2, 0.25) is 0 Å². The quantitative estimate of drug-likeness (QED) is 0.900. The van der Waals surface area contributed by atoms with E-state index < -0.39 is 0 Å². The lowest BCUT2D eigenvalue weighted by Crippen LogP contribution is -2.43. The first-order valence-electron chi connectivity index (χ1n) is 9.24. The Bertz CT molecular complexity index is 594. The van der Waals surface area contributed by atoms with Gasteiger partial charge < -0.3 is 10.2 Å². The van der Waals surface area contributed by atoms with Crippen LogP contribution in [0.25, 0.3) is 0 Å². The molecule has 1 atom stereocenters. The number of benzene rings is 1. The van der Waals surface area contributed by atoms with Crippen molar-refractivity contribution in [3.05, 3.63) is 54.4 Å². The van der Waals surface area contributed by atoms with Crippen molar-refractivity contribution in [1.82, 2.24) is 15.1 Å². The molecule has 0 amide bonds. The summed E-state index contributed by atoms with van der Waals surface area (Å²) in [7, 11) is 0. The summed E-state index contributed by atoms with van der Waals surface area (Å²) < 4.78 is 0. The second-order valence-electron chi connectivity index (χ2n) is 6.89. The molecule has 24 heavy (non-hydrogen) atoms. The Morgan fingerprint density at radius 1 is 0.958 bits per heavy atom. The van der Waals surface area contributed by atoms with E-state index in [1.54, 1.807) is 0 Å². The molecular formula is C20H27N3S. The Morgan fingerprint density at radius 2 is 1.83 bits per heavy atom. The maximum absolute atomic E-state index is 3.72. The van der Waals surface area contributed by atoms with Gasteiger partial charge in [-0.25, -0.2) is 0 Å². The Labute approximate surface area is 149 Å². The molecule has 1 saturated carbocycles. The van der Waals surface area contributed by atoms with E-state index in [-0.39, 0.29) is 0 Å². The number of nitrogens with one attached hydrogen (secondary N) is 1. The molecular weight excluding hydrogens is 314 g/mol. The third kappa shape index (κ3) is 3.81. The minimum absolute atomic E-state index is 0.318. The summed E-state index contributed by atoms with van der Waals surface area (Å²) in [6.07, 6.45) is 12.2. The average molecular weight is 342 g/mol. The smallest absolute Gasteiger partial charge is 0.102 e. The third-order valence-electron chi connectivity index (χ3n) is 5.30. The van der Waals surface area contributed by atoms with Gasteiger partial charge in [-0.15, -0.1) is 0 Å². The van der Waals surface area contributed by atoms with Crippen LogP contribution in [0.1, 0.15) is 25.7 Å². The first-order valence-corrected chi connectivity index (χ1v) is 10.1. The van der Waals surface area contributed by atoms with Gasteiger partial charge in [-0.05, 0) is 37.5 Å². The van der Waals surface area contributed by atoms with E-state index in [2.05, 4.69) is 63.7 Å². The van der Waals surface area contributed by atoms with Gasteiger partial charge in [-0.1, -0.05) is 48.5 Å². The Morgan fingerprint density at radius 3 is 2.62 bits per heavy atom. The van der Waals surface area contributed by atoms with Crippen LogP contribution in [-0.4, -0.2) is 47.4 Å². The SMILES string of the molecule is C1=CC(Sc2ccccc2)NC(N2CCCN(C3CCC3)CC2)=C1. The van der Waals surface area contributed by atoms with E-state index in [0.29, 0.717) is 5.37 Å². The van der Waals surface area contributed by atoms with Gasteiger partial charge in [0.1, 0.15) is 5.82 Å². The zero-order valence-electron chi connectivity index (χ0n) is 14.2. The van der Waals surface area contributed by atoms with Crippen molar-refractivity contribution in [3.8, 4) is 0 Å². The van der Waals surface area contributed by atoms with Crippen LogP contribution in [0, 0.1) is 0 Å². The number of hydrogen-bond donors (Lipinski definition) is 1. The monoisotopic (exact) mass is 341 g/mol. The minimum atomic E-state index is 0.318. The van der Waals surface area contributed by atoms with E-state index in [0.717, 1.165) is 12.6 Å². The van der Waals surface area contributed by atoms with E-state index in [4.69, 9.17) is 0 Å². The molecule has 2 heterocycles. The van der Waals surface area contributed by atoms with Crippen LogP contribution >= 0.6 is 11.8 Å². The van der Waals surface area contributed by atoms with Crippen molar-refractivity contribution in [2.24, 2.45) is 0 Å². The molecule has 4 rings (SSSR count). The summed E-state index contributed by atoms with van der Waals surface area (Å²) in [6.45, 7) is 4.79. The molecule has 3 nitrogen and oxygen atoms in total. The van der Waals surface area contributed by atoms with Crippen LogP contribution in [0.3, 0.4) is 0 Å². The summed E-state index contributed by atoms with van der Waals surface area (Å²) in [6, 6.07) is 11.5. The summed E-state index contributed by atoms with van der Waals surface area (Å²) >= 11 is 1.88. The van der Waals surface area contributed by atoms with Gasteiger partial charge in [-0.2, -0.15) is 0 Å². The van der Waals surface area contributed by atoms with E-state index >= 15 is 0 Å². The average Bonchev–Trinajstić information content (AvgIpc) is 2.81. The molecule has 3 aliphatic rings. The standard InChI is InChI=1S/C20H27N3S/c1-2-9-18(10-3-1)24-20-12-5-11-19(21-20)23-14-6-13-22(15-16-23)17-7-4-8-17/h1-3,5,9-12,17,20-21H,4,6-8,13-16H2. The highest BCUT2D eigenvalue weighted by Gasteiger charge is 2.27. The molecule has 0 aromatic heterocycles. The largest absolute Gasteiger partial charge is 0.357 e. The second-order valence-corrected chi connectivity index (χ2v) is 8.11. The third-order valence-corrected chi connectivity index (χ3v) is 6.37. The lowest BCUT2D eigenvalue weighted by Gasteiger charge is -2.37. The molecule has 1 unspecified atom stereocenters. The van der Waals surface area contributed by atoms with Gasteiger partial charge >= 0.3 is 0 Å². The van der Waals surface area contributed by atoms with Gasteiger partial charge in [-0.3, -0.25) is 4.90 Å². The Balaban J connectivity index is 1.34. The first-order chi connectivity index (χ1) is 11.9. The zero-order valence-corrected chi connectivity index (χ0v) is 15.0. The molecule has 128 valence electrons. The molecule has 4 heteroatoms. The van der Waals surface area contributed by atoms with Crippen molar-refractivity contribution in [3.63, 3.8) is 0 Å². The van der Waals surface area contributed by atoms with Crippen LogP contribution in [0.15, 0.2) is 59.3 Å². The highest BCUT2D eigenvalue weighted by atomic mass is 32.2. The predicted molar refractivity (Wildman–Crippen MR) is 102 cm³/mol. The van der Waals surface area contributed by atoms with Crippen LogP contribution in [0.2, 0.25) is 0 Å². The van der Waals surface area contributed by atoms with Crippen molar-refractivity contribution in [2.45, 2.75) is 42.0 Å². The normalized spacial score (nSPS) is 25.6. The van der Waals surface area contributed by atoms with Gasteiger partial charge in [0, 0.05) is 37.1 Å². The fraction of sp³-hybridized carbons (Fsp3) is 0.500. The lowest BCUT2D eigenvalue weighted by molar-refractivity contribution is 0.132. The van der Waals surface area contributed by atoms with Crippen molar-refractivity contribution in [2.75, 3.05) is 26.2 Å². The predicted octanol–water partition coefficient (Wildman–Crippen LogP) is 3.67. The van der Waals surface area contributed by atoms with E-state index in [1.165, 1.54) is 56.0 Å². The molecule has 0 spiro atoms. The highest BCUT2D eigenvalue weighted by Crippen LogP contribution is 2.27. The molecule has 0 radical (unpaired) electrons. The van der Waals surface area contributed by atoms with Gasteiger partial charge in [0.25, 0.3) is 0 Å². The lowest BCUT2D eigenvalue weighted by atomic mass is 9.91. The molecule has 1 saturated heterocycles. The van der Waals surface area contributed by atoms with E-state index in [1.807, 2.05) is 11.8 Å². The molecule has 2 fully saturated rings. The molecule has 1 aliphatic carbocycles. The molecule has 1 N–H and O–H groups in total. The summed E-state index contributed by atoms with van der Waals surface area (Å²) in [5.74, 6) is 1.29. The van der Waals surface area contributed by atoms with Crippen molar-refractivity contribution < 1.29 is 0 Å². The molecule has 0 bridgehead atoms. The molecule has 1 aromatic carbocycles. The summed E-state index contributed by atoms with van der Waals surface area (Å²) in [5, 5.41) is 4.03. The van der Waals surface area contributed by atoms with E-state index in [9.17, 15) is 0 Å². The summed E-state index contributed by atoms with van der Waals surface area (Å²) in [5.41, 5.74) is 0. The molecule has 1 aromatic rings. The molecule has 2 aliphatic heterocycles. The van der Waals surface area contributed by atoms with Crippen molar-refractivity contribution >= 4 is 11.8 Å². The summed E-state index contributed by atoms with van der Waals surface area (Å²) in [4.78, 5) is 6.58. The zero-order chi connectivity index (χ0) is 16.2. The fourth-order valence-electron chi connectivity index (χ4n) is 3.70. The fourth-order valence-corrected chi connectivity index (χ4v) is 4.65. The van der Waals surface area contributed by atoms with Gasteiger partial charge in [0.15, 0.2) is 0 Å². The van der Waals surface area contributed by atoms with Crippen LogP contribution in [0.5, 0.6) is 0 Å². The van der Waals surface area contributed by atoms with Crippen molar-refractivity contribution in [1.29, 1.82) is 0 Å². The maximum atomic E-state index is 3.72. The minimum Gasteiger partial charge on any atom is -0.357 e.